The molecule has 98 valence electrons. The zero-order chi connectivity index (χ0) is 14.0. The zero-order valence-electron chi connectivity index (χ0n) is 9.43. The first-order valence-electron chi connectivity index (χ1n) is 5.09. The number of hydrogen-bond donors (Lipinski definition) is 2. The van der Waals surface area contributed by atoms with Gasteiger partial charge in [-0.15, -0.1) is 0 Å². The summed E-state index contributed by atoms with van der Waals surface area (Å²) in [6, 6.07) is 4.85. The maximum absolute atomic E-state index is 11.0. The van der Waals surface area contributed by atoms with E-state index in [-0.39, 0.29) is 11.4 Å². The minimum absolute atomic E-state index is 0.159. The predicted molar refractivity (Wildman–Crippen MR) is 77.7 cm³/mol. The summed E-state index contributed by atoms with van der Waals surface area (Å²) in [5.41, 5.74) is 6.75. The molecule has 0 aliphatic carbocycles. The van der Waals surface area contributed by atoms with Crippen LogP contribution in [0.4, 0.5) is 22.7 Å². The summed E-state index contributed by atoms with van der Waals surface area (Å²) in [6.45, 7) is 0. The minimum atomic E-state index is -0.527. The number of aromatic nitrogens is 1. The Bertz CT molecular complexity index is 651. The third-order valence-corrected chi connectivity index (χ3v) is 3.26. The number of anilines is 3. The Kier molecular flexibility index (Phi) is 3.87. The smallest absolute Gasteiger partial charge is 0.311 e. The van der Waals surface area contributed by atoms with Crippen LogP contribution in [0.25, 0.3) is 0 Å². The van der Waals surface area contributed by atoms with Gasteiger partial charge in [0.05, 0.1) is 20.1 Å². The molecular formula is C11H8BrClN4O2. The molecule has 0 saturated carbocycles. The Labute approximate surface area is 121 Å². The number of benzene rings is 1. The lowest BCUT2D eigenvalue weighted by molar-refractivity contribution is -0.384. The molecule has 8 heteroatoms. The van der Waals surface area contributed by atoms with Crippen LogP contribution in [0, 0.1) is 10.1 Å². The first-order valence-corrected chi connectivity index (χ1v) is 6.26. The van der Waals surface area contributed by atoms with E-state index in [9.17, 15) is 10.1 Å². The van der Waals surface area contributed by atoms with Crippen LogP contribution in [-0.2, 0) is 0 Å². The van der Waals surface area contributed by atoms with Gasteiger partial charge in [-0.05, 0) is 34.1 Å². The van der Waals surface area contributed by atoms with E-state index in [1.54, 1.807) is 18.2 Å². The number of halogens is 2. The third-order valence-electron chi connectivity index (χ3n) is 2.33. The van der Waals surface area contributed by atoms with Gasteiger partial charge in [0, 0.05) is 11.9 Å². The number of nitrogen functional groups attached to an aromatic ring is 1. The molecule has 6 nitrogen and oxygen atoms in total. The van der Waals surface area contributed by atoms with E-state index in [1.165, 1.54) is 6.20 Å². The fourth-order valence-electron chi connectivity index (χ4n) is 1.46. The van der Waals surface area contributed by atoms with Crippen LogP contribution in [0.1, 0.15) is 0 Å². The predicted octanol–water partition coefficient (Wildman–Crippen LogP) is 3.73. The Morgan fingerprint density at radius 1 is 1.42 bits per heavy atom. The highest BCUT2D eigenvalue weighted by Gasteiger charge is 2.18. The summed E-state index contributed by atoms with van der Waals surface area (Å²) in [7, 11) is 0. The van der Waals surface area contributed by atoms with Crippen molar-refractivity contribution in [1.82, 2.24) is 4.98 Å². The molecule has 19 heavy (non-hydrogen) atoms. The molecule has 0 saturated heterocycles. The second-order valence-electron chi connectivity index (χ2n) is 3.64. The van der Waals surface area contributed by atoms with Crippen LogP contribution in [0.5, 0.6) is 0 Å². The molecule has 1 aromatic heterocycles. The SMILES string of the molecule is Nc1ccc(Cl)c(Nc2c(Br)cncc2[N+](=O)[O-])c1. The molecule has 0 bridgehead atoms. The average Bonchev–Trinajstić information content (AvgIpc) is 2.35. The largest absolute Gasteiger partial charge is 0.399 e. The molecule has 2 rings (SSSR count). The van der Waals surface area contributed by atoms with Gasteiger partial charge in [-0.25, -0.2) is 0 Å². The summed E-state index contributed by atoms with van der Waals surface area (Å²) >= 11 is 9.22. The minimum Gasteiger partial charge on any atom is -0.399 e. The van der Waals surface area contributed by atoms with Gasteiger partial charge in [0.15, 0.2) is 0 Å². The van der Waals surface area contributed by atoms with Gasteiger partial charge < -0.3 is 11.1 Å². The highest BCUT2D eigenvalue weighted by Crippen LogP contribution is 2.36. The van der Waals surface area contributed by atoms with Crippen molar-refractivity contribution in [2.45, 2.75) is 0 Å². The van der Waals surface area contributed by atoms with Crippen molar-refractivity contribution in [3.63, 3.8) is 0 Å². The Morgan fingerprint density at radius 3 is 2.84 bits per heavy atom. The van der Waals surface area contributed by atoms with Gasteiger partial charge >= 0.3 is 5.69 Å². The molecule has 0 spiro atoms. The summed E-state index contributed by atoms with van der Waals surface area (Å²) in [5, 5.41) is 14.3. The molecule has 2 aromatic rings. The lowest BCUT2D eigenvalue weighted by atomic mass is 10.2. The van der Waals surface area contributed by atoms with Crippen molar-refractivity contribution >= 4 is 50.3 Å². The van der Waals surface area contributed by atoms with Crippen molar-refractivity contribution in [2.75, 3.05) is 11.1 Å². The van der Waals surface area contributed by atoms with Crippen LogP contribution < -0.4 is 11.1 Å². The Hall–Kier alpha value is -1.86. The molecule has 0 atom stereocenters. The van der Waals surface area contributed by atoms with E-state index in [4.69, 9.17) is 17.3 Å². The van der Waals surface area contributed by atoms with Gasteiger partial charge in [0.25, 0.3) is 0 Å². The molecule has 0 unspecified atom stereocenters. The fraction of sp³-hybridized carbons (Fsp3) is 0. The number of nitro groups is 1. The molecular weight excluding hydrogens is 336 g/mol. The van der Waals surface area contributed by atoms with Crippen LogP contribution in [0.2, 0.25) is 5.02 Å². The van der Waals surface area contributed by atoms with Crippen LogP contribution >= 0.6 is 27.5 Å². The monoisotopic (exact) mass is 342 g/mol. The molecule has 0 aliphatic heterocycles. The zero-order valence-corrected chi connectivity index (χ0v) is 11.8. The highest BCUT2D eigenvalue weighted by atomic mass is 79.9. The Morgan fingerprint density at radius 2 is 2.16 bits per heavy atom. The summed E-state index contributed by atoms with van der Waals surface area (Å²) in [4.78, 5) is 14.2. The topological polar surface area (TPSA) is 94.1 Å². The van der Waals surface area contributed by atoms with E-state index < -0.39 is 4.92 Å². The van der Waals surface area contributed by atoms with Crippen molar-refractivity contribution < 1.29 is 4.92 Å². The second kappa shape index (κ2) is 5.41. The fourth-order valence-corrected chi connectivity index (χ4v) is 2.05. The molecule has 1 aromatic carbocycles. The van der Waals surface area contributed by atoms with Gasteiger partial charge in [-0.2, -0.15) is 0 Å². The van der Waals surface area contributed by atoms with Crippen molar-refractivity contribution in [3.8, 4) is 0 Å². The van der Waals surface area contributed by atoms with Crippen molar-refractivity contribution in [1.29, 1.82) is 0 Å². The lowest BCUT2D eigenvalue weighted by Gasteiger charge is -2.10. The summed E-state index contributed by atoms with van der Waals surface area (Å²) in [6.07, 6.45) is 2.61. The van der Waals surface area contributed by atoms with Gasteiger partial charge in [-0.3, -0.25) is 15.1 Å². The Balaban J connectivity index is 2.49. The third kappa shape index (κ3) is 2.94. The normalized spacial score (nSPS) is 10.2. The molecule has 0 fully saturated rings. The number of pyridine rings is 1. The number of rotatable bonds is 3. The van der Waals surface area contributed by atoms with Crippen molar-refractivity contribution in [2.24, 2.45) is 0 Å². The second-order valence-corrected chi connectivity index (χ2v) is 4.90. The summed E-state index contributed by atoms with van der Waals surface area (Å²) < 4.78 is 0.459. The van der Waals surface area contributed by atoms with Crippen LogP contribution in [0.3, 0.4) is 0 Å². The van der Waals surface area contributed by atoms with E-state index >= 15 is 0 Å². The van der Waals surface area contributed by atoms with Gasteiger partial charge in [-0.1, -0.05) is 11.6 Å². The van der Waals surface area contributed by atoms with Gasteiger partial charge in [0.1, 0.15) is 11.9 Å². The van der Waals surface area contributed by atoms with Crippen molar-refractivity contribution in [3.05, 3.63) is 50.2 Å². The number of hydrogen-bond acceptors (Lipinski definition) is 5. The van der Waals surface area contributed by atoms with E-state index in [0.717, 1.165) is 6.20 Å². The molecule has 0 radical (unpaired) electrons. The summed E-state index contributed by atoms with van der Waals surface area (Å²) in [5.74, 6) is 0. The quantitative estimate of drug-likeness (QED) is 0.503. The molecule has 1 heterocycles. The number of nitrogens with one attached hydrogen (secondary N) is 1. The maximum Gasteiger partial charge on any atom is 0.311 e. The lowest BCUT2D eigenvalue weighted by Crippen LogP contribution is -2.00. The molecule has 0 aliphatic rings. The molecule has 0 amide bonds. The first-order chi connectivity index (χ1) is 8.99. The van der Waals surface area contributed by atoms with Crippen LogP contribution in [0.15, 0.2) is 35.1 Å². The highest BCUT2D eigenvalue weighted by molar-refractivity contribution is 9.10. The van der Waals surface area contributed by atoms with E-state index in [1.807, 2.05) is 0 Å². The maximum atomic E-state index is 11.0. The first kappa shape index (κ1) is 13.6. The number of nitrogens with two attached hydrogens (primary N) is 1. The van der Waals surface area contributed by atoms with E-state index in [0.29, 0.717) is 20.9 Å². The molecule has 3 N–H and O–H groups in total. The van der Waals surface area contributed by atoms with Crippen LogP contribution in [-0.4, -0.2) is 9.91 Å². The average molecular weight is 344 g/mol. The number of nitrogens with zero attached hydrogens (tertiary/aromatic N) is 2. The van der Waals surface area contributed by atoms with E-state index in [2.05, 4.69) is 26.2 Å². The standard InChI is InChI=1S/C11H8BrClN4O2/c12-7-4-15-5-10(17(18)19)11(7)16-9-3-6(14)1-2-8(9)13/h1-5H,14H2,(H,15,16). The van der Waals surface area contributed by atoms with Gasteiger partial charge in [0.2, 0.25) is 0 Å².